The number of unbranched alkanes of at least 4 members (excludes halogenated alkanes) is 11. The molecular formula is C30H53NO5. The molecule has 1 aliphatic carbocycles. The zero-order valence-electron chi connectivity index (χ0n) is 23.6. The van der Waals surface area contributed by atoms with E-state index in [1.54, 1.807) is 0 Å². The number of ether oxygens (including phenoxy) is 2. The third kappa shape index (κ3) is 6.13. The Morgan fingerprint density at radius 1 is 0.833 bits per heavy atom. The van der Waals surface area contributed by atoms with Gasteiger partial charge in [-0.2, -0.15) is 0 Å². The Bertz CT molecular complexity index is 717. The lowest BCUT2D eigenvalue weighted by atomic mass is 9.59. The zero-order valence-corrected chi connectivity index (χ0v) is 23.6. The van der Waals surface area contributed by atoms with Gasteiger partial charge in [-0.05, 0) is 51.4 Å². The molecule has 1 saturated carbocycles. The summed E-state index contributed by atoms with van der Waals surface area (Å²) in [5.41, 5.74) is -1.20. The Labute approximate surface area is 219 Å². The zero-order chi connectivity index (χ0) is 25.7. The molecule has 0 radical (unpaired) electrons. The second-order valence-electron chi connectivity index (χ2n) is 12.7. The number of fused-ring (bicyclic) bond motifs is 2. The number of hydrogen-bond donors (Lipinski definition) is 1. The monoisotopic (exact) mass is 507 g/mol. The van der Waals surface area contributed by atoms with Gasteiger partial charge in [-0.3, -0.25) is 4.79 Å². The lowest BCUT2D eigenvalue weighted by molar-refractivity contribution is -0.541. The number of hydrogen-bond acceptors (Lipinski definition) is 5. The molecule has 5 aliphatic rings. The second-order valence-corrected chi connectivity index (χ2v) is 12.7. The summed E-state index contributed by atoms with van der Waals surface area (Å²) < 4.78 is 12.9. The van der Waals surface area contributed by atoms with Crippen LogP contribution in [-0.2, 0) is 24.0 Å². The van der Waals surface area contributed by atoms with Crippen molar-refractivity contribution in [2.24, 2.45) is 17.8 Å². The highest BCUT2D eigenvalue weighted by molar-refractivity contribution is 5.77. The van der Waals surface area contributed by atoms with Crippen molar-refractivity contribution in [1.82, 2.24) is 5.32 Å². The SMILES string of the molecule is CCCCCCCCCCCCCCNC(=O)C[C@]1(C)O[C@@H]2O[C@@]3(C)CC[C@H]4[C@H](C)CC[C@@H]1[C@@]24OO3. The third-order valence-electron chi connectivity index (χ3n) is 9.70. The number of carbonyl (C=O) groups is 1. The molecule has 1 spiro atoms. The van der Waals surface area contributed by atoms with Crippen molar-refractivity contribution in [1.29, 1.82) is 0 Å². The lowest BCUT2D eigenvalue weighted by Crippen LogP contribution is -2.61. The summed E-state index contributed by atoms with van der Waals surface area (Å²) in [6.45, 7) is 9.36. The first-order valence-corrected chi connectivity index (χ1v) is 15.3. The molecule has 4 heterocycles. The van der Waals surface area contributed by atoms with E-state index >= 15 is 0 Å². The van der Waals surface area contributed by atoms with E-state index in [0.717, 1.165) is 38.6 Å². The molecule has 4 saturated heterocycles. The van der Waals surface area contributed by atoms with Crippen molar-refractivity contribution >= 4 is 5.91 Å². The highest BCUT2D eigenvalue weighted by atomic mass is 17.3. The van der Waals surface area contributed by atoms with E-state index in [2.05, 4.69) is 26.1 Å². The van der Waals surface area contributed by atoms with Crippen LogP contribution in [0.4, 0.5) is 0 Å². The van der Waals surface area contributed by atoms with Crippen LogP contribution >= 0.6 is 0 Å². The fraction of sp³-hybridized carbons (Fsp3) is 0.967. The molecule has 5 fully saturated rings. The van der Waals surface area contributed by atoms with Gasteiger partial charge in [0.05, 0.1) is 12.0 Å². The first-order valence-electron chi connectivity index (χ1n) is 15.3. The van der Waals surface area contributed by atoms with Gasteiger partial charge in [0.15, 0.2) is 11.9 Å². The molecule has 4 aliphatic heterocycles. The fourth-order valence-electron chi connectivity index (χ4n) is 7.55. The molecule has 36 heavy (non-hydrogen) atoms. The predicted molar refractivity (Wildman–Crippen MR) is 141 cm³/mol. The van der Waals surface area contributed by atoms with E-state index in [1.807, 2.05) is 6.92 Å². The highest BCUT2D eigenvalue weighted by Crippen LogP contribution is 2.63. The Morgan fingerprint density at radius 3 is 2.14 bits per heavy atom. The normalized spacial score (nSPS) is 39.1. The van der Waals surface area contributed by atoms with E-state index in [0.29, 0.717) is 18.3 Å². The highest BCUT2D eigenvalue weighted by Gasteiger charge is 2.74. The van der Waals surface area contributed by atoms with Crippen LogP contribution in [0.3, 0.4) is 0 Å². The van der Waals surface area contributed by atoms with Gasteiger partial charge < -0.3 is 14.8 Å². The van der Waals surface area contributed by atoms with Crippen molar-refractivity contribution in [2.45, 2.75) is 160 Å². The minimum Gasteiger partial charge on any atom is -0.356 e. The van der Waals surface area contributed by atoms with Gasteiger partial charge in [-0.1, -0.05) is 84.5 Å². The summed E-state index contributed by atoms with van der Waals surface area (Å²) >= 11 is 0. The summed E-state index contributed by atoms with van der Waals surface area (Å²) in [7, 11) is 0. The molecular weight excluding hydrogens is 454 g/mol. The number of amides is 1. The Kier molecular flexibility index (Phi) is 9.79. The van der Waals surface area contributed by atoms with Crippen molar-refractivity contribution in [3.8, 4) is 0 Å². The maximum Gasteiger partial charge on any atom is 0.222 e. The van der Waals surface area contributed by atoms with Crippen LogP contribution in [0.15, 0.2) is 0 Å². The Morgan fingerprint density at radius 2 is 1.47 bits per heavy atom. The van der Waals surface area contributed by atoms with Crippen LogP contribution in [0.25, 0.3) is 0 Å². The van der Waals surface area contributed by atoms with Gasteiger partial charge in [0.1, 0.15) is 0 Å². The largest absolute Gasteiger partial charge is 0.356 e. The molecule has 6 heteroatoms. The van der Waals surface area contributed by atoms with E-state index < -0.39 is 23.3 Å². The summed E-state index contributed by atoms with van der Waals surface area (Å²) in [5.74, 6) is 0.264. The van der Waals surface area contributed by atoms with Crippen LogP contribution in [0.2, 0.25) is 0 Å². The standard InChI is InChI=1S/C30H53NO5/c1-5-6-7-8-9-10-11-12-13-14-15-16-21-31-26(32)22-28(3)25-18-17-23(2)24-19-20-29(4)34-27(33-28)30(24,25)36-35-29/h23-25,27H,5-22H2,1-4H3,(H,31,32)/t23-,24+,25+,27-,28+,29-,30-/m1/s1. The predicted octanol–water partition coefficient (Wildman–Crippen LogP) is 7.20. The maximum absolute atomic E-state index is 13.0. The van der Waals surface area contributed by atoms with Crippen LogP contribution in [-0.4, -0.2) is 35.7 Å². The molecule has 1 N–H and O–H groups in total. The van der Waals surface area contributed by atoms with Crippen molar-refractivity contribution in [3.63, 3.8) is 0 Å². The number of rotatable bonds is 15. The molecule has 0 aromatic carbocycles. The lowest BCUT2D eigenvalue weighted by Gasteiger charge is -2.50. The van der Waals surface area contributed by atoms with Crippen molar-refractivity contribution < 1.29 is 24.0 Å². The molecule has 5 rings (SSSR count). The van der Waals surface area contributed by atoms with Crippen LogP contribution in [0.5, 0.6) is 0 Å². The van der Waals surface area contributed by atoms with Gasteiger partial charge in [0, 0.05) is 18.9 Å². The minimum absolute atomic E-state index is 0.0743. The molecule has 6 nitrogen and oxygen atoms in total. The van der Waals surface area contributed by atoms with Gasteiger partial charge >= 0.3 is 0 Å². The Balaban J connectivity index is 1.15. The van der Waals surface area contributed by atoms with E-state index in [9.17, 15) is 4.79 Å². The number of carbonyl (C=O) groups excluding carboxylic acids is 1. The fourth-order valence-corrected chi connectivity index (χ4v) is 7.55. The average molecular weight is 508 g/mol. The molecule has 0 unspecified atom stereocenters. The molecule has 2 bridgehead atoms. The Hall–Kier alpha value is -0.690. The van der Waals surface area contributed by atoms with E-state index in [4.69, 9.17) is 19.2 Å². The summed E-state index contributed by atoms with van der Waals surface area (Å²) in [4.78, 5) is 25.0. The van der Waals surface area contributed by atoms with Gasteiger partial charge in [0.25, 0.3) is 0 Å². The van der Waals surface area contributed by atoms with Crippen LogP contribution < -0.4 is 5.32 Å². The van der Waals surface area contributed by atoms with Gasteiger partial charge in [0.2, 0.25) is 11.7 Å². The smallest absolute Gasteiger partial charge is 0.222 e. The van der Waals surface area contributed by atoms with Gasteiger partial charge in [-0.15, -0.1) is 0 Å². The van der Waals surface area contributed by atoms with E-state index in [1.165, 1.54) is 70.6 Å². The molecule has 0 aromatic heterocycles. The molecule has 208 valence electrons. The minimum atomic E-state index is -0.764. The van der Waals surface area contributed by atoms with E-state index in [-0.39, 0.29) is 11.8 Å². The van der Waals surface area contributed by atoms with Gasteiger partial charge in [-0.25, -0.2) is 9.78 Å². The molecule has 7 atom stereocenters. The third-order valence-corrected chi connectivity index (χ3v) is 9.70. The topological polar surface area (TPSA) is 66.0 Å². The van der Waals surface area contributed by atoms with Crippen molar-refractivity contribution in [2.75, 3.05) is 6.54 Å². The summed E-state index contributed by atoms with van der Waals surface area (Å²) in [6, 6.07) is 0. The summed E-state index contributed by atoms with van der Waals surface area (Å²) in [6.07, 6.45) is 19.7. The van der Waals surface area contributed by atoms with Crippen LogP contribution in [0, 0.1) is 17.8 Å². The average Bonchev–Trinajstić information content (AvgIpc) is 2.92. The van der Waals surface area contributed by atoms with Crippen LogP contribution in [0.1, 0.15) is 137 Å². The quantitative estimate of drug-likeness (QED) is 0.188. The molecule has 0 aromatic rings. The first-order chi connectivity index (χ1) is 17.3. The first kappa shape index (κ1) is 28.3. The second kappa shape index (κ2) is 12.4. The maximum atomic E-state index is 13.0. The van der Waals surface area contributed by atoms with Crippen molar-refractivity contribution in [3.05, 3.63) is 0 Å². The summed E-state index contributed by atoms with van der Waals surface area (Å²) in [5, 5.41) is 3.16. The number of nitrogens with one attached hydrogen (secondary N) is 1. The molecule has 1 amide bonds.